The minimum atomic E-state index is -0.991. The van der Waals surface area contributed by atoms with Gasteiger partial charge in [-0.15, -0.1) is 0 Å². The second-order valence-corrected chi connectivity index (χ2v) is 12.4. The molecule has 0 bridgehead atoms. The number of nitrogens with one attached hydrogen (secondary N) is 2. The molecule has 0 amide bonds. The number of hydrogen-bond donors (Lipinski definition) is 3. The number of aromatic nitrogens is 4. The van der Waals surface area contributed by atoms with E-state index in [2.05, 4.69) is 49.7 Å². The van der Waals surface area contributed by atoms with E-state index in [1.807, 2.05) is 30.6 Å². The molecule has 2 saturated heterocycles. The van der Waals surface area contributed by atoms with Crippen molar-refractivity contribution in [3.8, 4) is 5.75 Å². The fraction of sp³-hybridized carbons (Fsp3) is 0.606. The molecule has 1 spiro atoms. The van der Waals surface area contributed by atoms with Crippen LogP contribution in [0, 0.1) is 5.41 Å². The molecular formula is C33H49N7O3. The molecule has 234 valence electrons. The summed E-state index contributed by atoms with van der Waals surface area (Å²) in [6, 6.07) is 8.23. The second kappa shape index (κ2) is 15.0. The van der Waals surface area contributed by atoms with Gasteiger partial charge in [0.2, 0.25) is 0 Å². The van der Waals surface area contributed by atoms with E-state index >= 15 is 0 Å². The summed E-state index contributed by atoms with van der Waals surface area (Å²) >= 11 is 0. The van der Waals surface area contributed by atoms with E-state index in [4.69, 9.17) is 14.8 Å². The van der Waals surface area contributed by atoms with Gasteiger partial charge in [0, 0.05) is 56.9 Å². The third kappa shape index (κ3) is 8.46. The van der Waals surface area contributed by atoms with Crippen LogP contribution in [0.25, 0.3) is 0 Å². The van der Waals surface area contributed by atoms with Crippen LogP contribution in [-0.2, 0) is 24.3 Å². The van der Waals surface area contributed by atoms with Crippen LogP contribution in [0.1, 0.15) is 75.6 Å². The van der Waals surface area contributed by atoms with Gasteiger partial charge in [0.25, 0.3) is 0 Å². The highest BCUT2D eigenvalue weighted by Gasteiger charge is 2.40. The molecule has 2 aromatic heterocycles. The molecule has 10 nitrogen and oxygen atoms in total. The van der Waals surface area contributed by atoms with Crippen LogP contribution in [0.4, 0.5) is 0 Å². The van der Waals surface area contributed by atoms with Gasteiger partial charge in [0.05, 0.1) is 6.04 Å². The Bertz CT molecular complexity index is 1270. The van der Waals surface area contributed by atoms with E-state index in [9.17, 15) is 4.79 Å². The lowest BCUT2D eigenvalue weighted by Crippen LogP contribution is -2.45. The number of aryl methyl sites for hydroxylation is 1. The van der Waals surface area contributed by atoms with Gasteiger partial charge in [0.1, 0.15) is 17.4 Å². The lowest BCUT2D eigenvalue weighted by atomic mass is 9.77. The third-order valence-electron chi connectivity index (χ3n) is 9.56. The number of aliphatic carboxylic acids is 1. The van der Waals surface area contributed by atoms with Gasteiger partial charge in [-0.1, -0.05) is 26.0 Å². The highest BCUT2D eigenvalue weighted by atomic mass is 16.5. The number of benzene rings is 1. The predicted molar refractivity (Wildman–Crippen MR) is 167 cm³/mol. The number of aromatic amines is 1. The van der Waals surface area contributed by atoms with Gasteiger partial charge in [-0.3, -0.25) is 0 Å². The summed E-state index contributed by atoms with van der Waals surface area (Å²) in [5.74, 6) is 1.46. The minimum Gasteiger partial charge on any atom is -0.482 e. The average molecular weight is 592 g/mol. The lowest BCUT2D eigenvalue weighted by molar-refractivity contribution is -0.139. The summed E-state index contributed by atoms with van der Waals surface area (Å²) in [7, 11) is 0. The smallest absolute Gasteiger partial charge is 0.341 e. The summed E-state index contributed by atoms with van der Waals surface area (Å²) < 4.78 is 7.64. The van der Waals surface area contributed by atoms with Crippen molar-refractivity contribution in [2.75, 3.05) is 39.3 Å². The molecule has 3 aromatic rings. The van der Waals surface area contributed by atoms with Crippen LogP contribution < -0.4 is 10.1 Å². The van der Waals surface area contributed by atoms with Crippen molar-refractivity contribution in [3.63, 3.8) is 0 Å². The molecule has 5 rings (SSSR count). The van der Waals surface area contributed by atoms with Crippen LogP contribution >= 0.6 is 0 Å². The molecule has 2 fully saturated rings. The number of imidazole rings is 2. The normalized spacial score (nSPS) is 18.0. The summed E-state index contributed by atoms with van der Waals surface area (Å²) in [4.78, 5) is 28.8. The molecule has 0 saturated carbocycles. The van der Waals surface area contributed by atoms with Gasteiger partial charge in [-0.2, -0.15) is 0 Å². The highest BCUT2D eigenvalue weighted by molar-refractivity contribution is 5.68. The summed E-state index contributed by atoms with van der Waals surface area (Å²) in [5, 5.41) is 12.5. The van der Waals surface area contributed by atoms with E-state index in [-0.39, 0.29) is 12.6 Å². The Morgan fingerprint density at radius 1 is 1.12 bits per heavy atom. The van der Waals surface area contributed by atoms with Crippen LogP contribution in [0.3, 0.4) is 0 Å². The molecule has 0 aliphatic carbocycles. The monoisotopic (exact) mass is 591 g/mol. The molecule has 0 radical (unpaired) electrons. The Hall–Kier alpha value is -3.21. The van der Waals surface area contributed by atoms with Crippen molar-refractivity contribution in [1.29, 1.82) is 0 Å². The zero-order chi connectivity index (χ0) is 30.1. The van der Waals surface area contributed by atoms with Crippen molar-refractivity contribution in [2.45, 2.75) is 84.0 Å². The van der Waals surface area contributed by atoms with Gasteiger partial charge in [-0.05, 0) is 87.8 Å². The maximum absolute atomic E-state index is 10.9. The number of likely N-dealkylation sites (tertiary alicyclic amines) is 2. The molecule has 1 atom stereocenters. The molecule has 10 heteroatoms. The second-order valence-electron chi connectivity index (χ2n) is 12.4. The average Bonchev–Trinajstić information content (AvgIpc) is 3.79. The van der Waals surface area contributed by atoms with Crippen LogP contribution in [0.15, 0.2) is 49.1 Å². The van der Waals surface area contributed by atoms with Crippen molar-refractivity contribution in [2.24, 2.45) is 5.41 Å². The minimum absolute atomic E-state index is 0.0518. The summed E-state index contributed by atoms with van der Waals surface area (Å²) in [6.07, 6.45) is 16.0. The lowest BCUT2D eigenvalue weighted by Gasteiger charge is -2.42. The Morgan fingerprint density at radius 2 is 1.93 bits per heavy atom. The fourth-order valence-electron chi connectivity index (χ4n) is 7.04. The van der Waals surface area contributed by atoms with Gasteiger partial charge < -0.3 is 34.5 Å². The molecule has 4 heterocycles. The van der Waals surface area contributed by atoms with Gasteiger partial charge in [-0.25, -0.2) is 14.8 Å². The number of hydrogen-bond acceptors (Lipinski definition) is 7. The SMILES string of the molecule is CCC(CC)N1CCC2(CCN(CCCn3ccnc3CC(NCc3cccc(OCC(=O)O)c3)c3ncc[nH]3)C2)CC1. The first-order valence-electron chi connectivity index (χ1n) is 16.1. The molecule has 1 unspecified atom stereocenters. The Labute approximate surface area is 255 Å². The zero-order valence-corrected chi connectivity index (χ0v) is 25.9. The Balaban J connectivity index is 1.11. The van der Waals surface area contributed by atoms with Gasteiger partial charge in [0.15, 0.2) is 6.61 Å². The molecule has 43 heavy (non-hydrogen) atoms. The number of piperidine rings is 1. The maximum Gasteiger partial charge on any atom is 0.341 e. The van der Waals surface area contributed by atoms with Crippen LogP contribution in [0.2, 0.25) is 0 Å². The first-order chi connectivity index (χ1) is 21.0. The first-order valence-corrected chi connectivity index (χ1v) is 16.1. The fourth-order valence-corrected chi connectivity index (χ4v) is 7.04. The largest absolute Gasteiger partial charge is 0.482 e. The van der Waals surface area contributed by atoms with Crippen molar-refractivity contribution >= 4 is 5.97 Å². The Morgan fingerprint density at radius 3 is 2.67 bits per heavy atom. The number of H-pyrrole nitrogens is 1. The van der Waals surface area contributed by atoms with Crippen molar-refractivity contribution in [1.82, 2.24) is 34.6 Å². The number of nitrogens with zero attached hydrogens (tertiary/aromatic N) is 5. The first kappa shape index (κ1) is 31.2. The van der Waals surface area contributed by atoms with Crippen molar-refractivity contribution < 1.29 is 14.6 Å². The maximum atomic E-state index is 10.9. The number of carbonyl (C=O) groups is 1. The molecule has 2 aliphatic rings. The highest BCUT2D eigenvalue weighted by Crippen LogP contribution is 2.41. The van der Waals surface area contributed by atoms with Crippen LogP contribution in [0.5, 0.6) is 5.75 Å². The number of carboxylic acids is 1. The third-order valence-corrected chi connectivity index (χ3v) is 9.56. The van der Waals surface area contributed by atoms with E-state index in [0.717, 1.165) is 42.8 Å². The number of carboxylic acid groups (broad SMARTS) is 1. The van der Waals surface area contributed by atoms with E-state index in [1.54, 1.807) is 12.3 Å². The quantitative estimate of drug-likeness (QED) is 0.223. The van der Waals surface area contributed by atoms with Crippen molar-refractivity contribution in [3.05, 3.63) is 66.3 Å². The Kier molecular flexibility index (Phi) is 10.9. The zero-order valence-electron chi connectivity index (χ0n) is 25.9. The summed E-state index contributed by atoms with van der Waals surface area (Å²) in [6.45, 7) is 12.0. The molecule has 3 N–H and O–H groups in total. The predicted octanol–water partition coefficient (Wildman–Crippen LogP) is 4.51. The van der Waals surface area contributed by atoms with Crippen LogP contribution in [-0.4, -0.2) is 85.8 Å². The molecule has 2 aliphatic heterocycles. The van der Waals surface area contributed by atoms with E-state index < -0.39 is 5.97 Å². The summed E-state index contributed by atoms with van der Waals surface area (Å²) in [5.41, 5.74) is 1.54. The molecule has 1 aromatic carbocycles. The number of rotatable bonds is 16. The van der Waals surface area contributed by atoms with E-state index in [0.29, 0.717) is 24.1 Å². The van der Waals surface area contributed by atoms with Gasteiger partial charge >= 0.3 is 5.97 Å². The topological polar surface area (TPSA) is 112 Å². The standard InChI is InChI=1S/C33H49N7O3/c1-3-27(4-2)39-18-10-33(11-19-39)9-17-38(25-33)15-6-16-40-20-14-34-30(40)22-29(32-35-12-13-36-32)37-23-26-7-5-8-28(21-26)43-24-31(41)42/h5,7-8,12-14,20-21,27,29,37H,3-4,6,9-11,15-19,22-25H2,1-2H3,(H,35,36)(H,41,42). The van der Waals surface area contributed by atoms with E-state index in [1.165, 1.54) is 58.3 Å². The molecular weight excluding hydrogens is 542 g/mol. The number of ether oxygens (including phenoxy) is 1.